The van der Waals surface area contributed by atoms with E-state index in [1.807, 2.05) is 4.90 Å². The summed E-state index contributed by atoms with van der Waals surface area (Å²) in [6.45, 7) is 4.48. The molecule has 2 aliphatic heterocycles. The molecule has 5 heteroatoms. The normalized spacial score (nSPS) is 28.5. The lowest BCUT2D eigenvalue weighted by atomic mass is 9.93. The third-order valence-corrected chi connectivity index (χ3v) is 4.44. The first-order chi connectivity index (χ1) is 9.00. The molecule has 2 heterocycles. The van der Waals surface area contributed by atoms with Gasteiger partial charge in [-0.2, -0.15) is 0 Å². The van der Waals surface area contributed by atoms with Crippen molar-refractivity contribution in [1.82, 2.24) is 15.1 Å². The van der Waals surface area contributed by atoms with Gasteiger partial charge in [0.15, 0.2) is 0 Å². The highest BCUT2D eigenvalue weighted by atomic mass is 16.2. The van der Waals surface area contributed by atoms with Gasteiger partial charge in [0.05, 0.1) is 5.92 Å². The highest BCUT2D eigenvalue weighted by Crippen LogP contribution is 2.23. The molecule has 2 rings (SSSR count). The Bertz CT molecular complexity index is 349. The van der Waals surface area contributed by atoms with Crippen molar-refractivity contribution in [3.05, 3.63) is 0 Å². The van der Waals surface area contributed by atoms with Crippen molar-refractivity contribution in [1.29, 1.82) is 0 Å². The second-order valence-corrected chi connectivity index (χ2v) is 5.97. The highest BCUT2D eigenvalue weighted by molar-refractivity contribution is 5.81. The van der Waals surface area contributed by atoms with Gasteiger partial charge in [-0.05, 0) is 32.7 Å². The lowest BCUT2D eigenvalue weighted by Crippen LogP contribution is -2.46. The average Bonchev–Trinajstić information content (AvgIpc) is 2.83. The van der Waals surface area contributed by atoms with Crippen LogP contribution in [0.2, 0.25) is 0 Å². The summed E-state index contributed by atoms with van der Waals surface area (Å²) < 4.78 is 0. The van der Waals surface area contributed by atoms with Crippen LogP contribution in [-0.2, 0) is 9.59 Å². The van der Waals surface area contributed by atoms with E-state index in [9.17, 15) is 9.59 Å². The van der Waals surface area contributed by atoms with Crippen LogP contribution in [0.15, 0.2) is 0 Å². The molecule has 0 aromatic carbocycles. The number of carbonyl (C=O) groups is 2. The number of carbonyl (C=O) groups excluding carboxylic acids is 2. The number of hydrogen-bond acceptors (Lipinski definition) is 3. The average molecular weight is 267 g/mol. The molecule has 5 nitrogen and oxygen atoms in total. The van der Waals surface area contributed by atoms with Crippen LogP contribution in [0.3, 0.4) is 0 Å². The zero-order valence-electron chi connectivity index (χ0n) is 12.2. The molecule has 108 valence electrons. The maximum absolute atomic E-state index is 12.4. The fourth-order valence-corrected chi connectivity index (χ4v) is 3.14. The molecule has 0 bridgehead atoms. The van der Waals surface area contributed by atoms with Gasteiger partial charge in [-0.15, -0.1) is 0 Å². The van der Waals surface area contributed by atoms with Crippen LogP contribution < -0.4 is 5.32 Å². The first-order valence-corrected chi connectivity index (χ1v) is 7.24. The van der Waals surface area contributed by atoms with E-state index in [-0.39, 0.29) is 29.7 Å². The Morgan fingerprint density at radius 2 is 1.79 bits per heavy atom. The third-order valence-electron chi connectivity index (χ3n) is 4.44. The molecular formula is C14H25N3O2. The van der Waals surface area contributed by atoms with Crippen molar-refractivity contribution < 1.29 is 9.59 Å². The molecule has 2 amide bonds. The van der Waals surface area contributed by atoms with Gasteiger partial charge in [0, 0.05) is 39.1 Å². The number of amides is 2. The van der Waals surface area contributed by atoms with Crippen LogP contribution in [0, 0.1) is 11.8 Å². The van der Waals surface area contributed by atoms with Crippen molar-refractivity contribution in [2.75, 3.05) is 33.7 Å². The molecule has 2 fully saturated rings. The van der Waals surface area contributed by atoms with Gasteiger partial charge in [-0.1, -0.05) is 0 Å². The van der Waals surface area contributed by atoms with Gasteiger partial charge in [-0.25, -0.2) is 0 Å². The van der Waals surface area contributed by atoms with E-state index in [0.29, 0.717) is 0 Å². The summed E-state index contributed by atoms with van der Waals surface area (Å²) in [4.78, 5) is 27.9. The summed E-state index contributed by atoms with van der Waals surface area (Å²) >= 11 is 0. The number of nitrogens with one attached hydrogen (secondary N) is 1. The molecule has 0 saturated carbocycles. The summed E-state index contributed by atoms with van der Waals surface area (Å²) in [6.07, 6.45) is 2.55. The fraction of sp³-hybridized carbons (Fsp3) is 0.857. The highest BCUT2D eigenvalue weighted by Gasteiger charge is 2.35. The molecule has 0 radical (unpaired) electrons. The van der Waals surface area contributed by atoms with Crippen LogP contribution in [0.4, 0.5) is 0 Å². The predicted molar refractivity (Wildman–Crippen MR) is 73.6 cm³/mol. The van der Waals surface area contributed by atoms with E-state index in [4.69, 9.17) is 0 Å². The number of piperidine rings is 1. The van der Waals surface area contributed by atoms with Crippen LogP contribution >= 0.6 is 0 Å². The monoisotopic (exact) mass is 267 g/mol. The Labute approximate surface area is 115 Å². The lowest BCUT2D eigenvalue weighted by Gasteiger charge is -2.34. The zero-order valence-corrected chi connectivity index (χ0v) is 12.2. The summed E-state index contributed by atoms with van der Waals surface area (Å²) in [5.74, 6) is 0.690. The first-order valence-electron chi connectivity index (χ1n) is 7.24. The minimum absolute atomic E-state index is 0.0955. The van der Waals surface area contributed by atoms with Crippen LogP contribution in [-0.4, -0.2) is 61.4 Å². The van der Waals surface area contributed by atoms with E-state index >= 15 is 0 Å². The van der Waals surface area contributed by atoms with E-state index < -0.39 is 0 Å². The van der Waals surface area contributed by atoms with Crippen molar-refractivity contribution in [2.45, 2.75) is 32.2 Å². The number of rotatable bonds is 2. The Hall–Kier alpha value is -1.10. The van der Waals surface area contributed by atoms with Gasteiger partial charge < -0.3 is 15.1 Å². The van der Waals surface area contributed by atoms with Gasteiger partial charge in [0.2, 0.25) is 11.8 Å². The molecule has 2 saturated heterocycles. The van der Waals surface area contributed by atoms with Gasteiger partial charge in [-0.3, -0.25) is 9.59 Å². The Morgan fingerprint density at radius 1 is 1.16 bits per heavy atom. The van der Waals surface area contributed by atoms with Crippen molar-refractivity contribution in [3.8, 4) is 0 Å². The Kier molecular flexibility index (Phi) is 4.45. The topological polar surface area (TPSA) is 52.7 Å². The van der Waals surface area contributed by atoms with Crippen molar-refractivity contribution in [2.24, 2.45) is 11.8 Å². The fourth-order valence-electron chi connectivity index (χ4n) is 3.14. The Morgan fingerprint density at radius 3 is 2.26 bits per heavy atom. The molecule has 0 aromatic rings. The van der Waals surface area contributed by atoms with E-state index in [1.165, 1.54) is 0 Å². The number of likely N-dealkylation sites (tertiary alicyclic amines) is 1. The second-order valence-electron chi connectivity index (χ2n) is 5.97. The molecule has 0 aromatic heterocycles. The van der Waals surface area contributed by atoms with E-state index in [1.54, 1.807) is 19.0 Å². The Balaban J connectivity index is 1.86. The minimum Gasteiger partial charge on any atom is -0.349 e. The van der Waals surface area contributed by atoms with E-state index in [0.717, 1.165) is 38.9 Å². The van der Waals surface area contributed by atoms with Crippen LogP contribution in [0.1, 0.15) is 26.2 Å². The minimum atomic E-state index is 0.0955. The third kappa shape index (κ3) is 3.08. The molecule has 1 N–H and O–H groups in total. The van der Waals surface area contributed by atoms with Crippen molar-refractivity contribution in [3.63, 3.8) is 0 Å². The molecule has 0 spiro atoms. The molecule has 2 aliphatic rings. The molecule has 19 heavy (non-hydrogen) atoms. The molecule has 0 aliphatic carbocycles. The number of nitrogens with zero attached hydrogens (tertiary/aromatic N) is 2. The lowest BCUT2D eigenvalue weighted by molar-refractivity contribution is -0.141. The van der Waals surface area contributed by atoms with Crippen LogP contribution in [0.25, 0.3) is 0 Å². The standard InChI is InChI=1S/C14H25N3O2/c1-10-12(4-7-15-10)14(19)17-8-5-11(6-9-17)13(18)16(2)3/h10-12,15H,4-9H2,1-3H3. The zero-order chi connectivity index (χ0) is 14.0. The van der Waals surface area contributed by atoms with Gasteiger partial charge in [0.1, 0.15) is 0 Å². The molecule has 2 atom stereocenters. The second kappa shape index (κ2) is 5.90. The number of hydrogen-bond donors (Lipinski definition) is 1. The van der Waals surface area contributed by atoms with Crippen LogP contribution in [0.5, 0.6) is 0 Å². The molecular weight excluding hydrogens is 242 g/mol. The summed E-state index contributed by atoms with van der Waals surface area (Å²) in [7, 11) is 3.59. The van der Waals surface area contributed by atoms with E-state index in [2.05, 4.69) is 12.2 Å². The van der Waals surface area contributed by atoms with Gasteiger partial charge >= 0.3 is 0 Å². The summed E-state index contributed by atoms with van der Waals surface area (Å²) in [5, 5.41) is 3.32. The summed E-state index contributed by atoms with van der Waals surface area (Å²) in [6, 6.07) is 0.286. The maximum atomic E-state index is 12.4. The summed E-state index contributed by atoms with van der Waals surface area (Å²) in [5.41, 5.74) is 0. The quantitative estimate of drug-likeness (QED) is 0.783. The maximum Gasteiger partial charge on any atom is 0.227 e. The SMILES string of the molecule is CC1NCCC1C(=O)N1CCC(C(=O)N(C)C)CC1. The smallest absolute Gasteiger partial charge is 0.227 e. The molecule has 2 unspecified atom stereocenters. The predicted octanol–water partition coefficient (Wildman–Crippen LogP) is 0.311. The van der Waals surface area contributed by atoms with Crippen molar-refractivity contribution >= 4 is 11.8 Å². The largest absolute Gasteiger partial charge is 0.349 e. The first kappa shape index (κ1) is 14.3. The van der Waals surface area contributed by atoms with Gasteiger partial charge in [0.25, 0.3) is 0 Å².